The third-order valence-electron chi connectivity index (χ3n) is 5.32. The van der Waals surface area contributed by atoms with Gasteiger partial charge in [0.2, 0.25) is 0 Å². The minimum atomic E-state index is 0.483. The Hall–Kier alpha value is -3.13. The van der Waals surface area contributed by atoms with Gasteiger partial charge in [-0.05, 0) is 50.7 Å². The van der Waals surface area contributed by atoms with E-state index in [-0.39, 0.29) is 0 Å². The summed E-state index contributed by atoms with van der Waals surface area (Å²) in [6.45, 7) is 2.24. The van der Waals surface area contributed by atoms with Gasteiger partial charge in [-0.3, -0.25) is 4.68 Å². The molecule has 3 aromatic heterocycles. The minimum Gasteiger partial charge on any atom is -0.306 e. The molecule has 0 amide bonds. The van der Waals surface area contributed by atoms with Crippen molar-refractivity contribution in [3.63, 3.8) is 0 Å². The van der Waals surface area contributed by atoms with E-state index in [2.05, 4.69) is 43.2 Å². The molecule has 8 nitrogen and oxygen atoms in total. The van der Waals surface area contributed by atoms with Crippen LogP contribution in [0.15, 0.2) is 48.9 Å². The molecule has 0 atom stereocenters. The first-order chi connectivity index (χ1) is 13.8. The van der Waals surface area contributed by atoms with Crippen molar-refractivity contribution in [2.75, 3.05) is 20.1 Å². The van der Waals surface area contributed by atoms with Crippen molar-refractivity contribution in [2.24, 2.45) is 0 Å². The quantitative estimate of drug-likeness (QED) is 0.545. The van der Waals surface area contributed by atoms with Gasteiger partial charge in [0.1, 0.15) is 5.82 Å². The number of aromatic nitrogens is 7. The number of nitrogens with zero attached hydrogens (tertiary/aromatic N) is 8. The topological polar surface area (TPSA) is 77.5 Å². The molecule has 1 aromatic carbocycles. The lowest BCUT2D eigenvalue weighted by molar-refractivity contribution is 0.212. The van der Waals surface area contributed by atoms with Crippen molar-refractivity contribution in [3.8, 4) is 5.69 Å². The van der Waals surface area contributed by atoms with Gasteiger partial charge in [0.15, 0.2) is 11.2 Å². The Morgan fingerprint density at radius 1 is 1.07 bits per heavy atom. The summed E-state index contributed by atoms with van der Waals surface area (Å²) in [5.74, 6) is 0.745. The zero-order valence-corrected chi connectivity index (χ0v) is 15.8. The van der Waals surface area contributed by atoms with Crippen LogP contribution in [0.1, 0.15) is 30.3 Å². The Morgan fingerprint density at radius 3 is 2.71 bits per heavy atom. The van der Waals surface area contributed by atoms with Gasteiger partial charge in [-0.1, -0.05) is 23.4 Å². The van der Waals surface area contributed by atoms with Crippen LogP contribution in [0.4, 0.5) is 0 Å². The lowest BCUT2D eigenvalue weighted by atomic mass is 10.1. The Balaban J connectivity index is 1.38. The number of hydrogen-bond donors (Lipinski definition) is 0. The molecule has 1 aliphatic rings. The second-order valence-corrected chi connectivity index (χ2v) is 7.37. The van der Waals surface area contributed by atoms with E-state index in [1.165, 1.54) is 0 Å². The van der Waals surface area contributed by atoms with E-state index in [4.69, 9.17) is 4.98 Å². The van der Waals surface area contributed by atoms with Crippen molar-refractivity contribution in [1.82, 2.24) is 39.6 Å². The van der Waals surface area contributed by atoms with Crippen LogP contribution in [-0.2, 0) is 6.42 Å². The summed E-state index contributed by atoms with van der Waals surface area (Å²) in [6.07, 6.45) is 8.73. The molecule has 0 saturated carbocycles. The van der Waals surface area contributed by atoms with Crippen molar-refractivity contribution in [2.45, 2.75) is 25.3 Å². The van der Waals surface area contributed by atoms with Crippen LogP contribution in [0.5, 0.6) is 0 Å². The first-order valence-electron chi connectivity index (χ1n) is 9.60. The van der Waals surface area contributed by atoms with Crippen molar-refractivity contribution >= 4 is 11.2 Å². The van der Waals surface area contributed by atoms with Crippen LogP contribution >= 0.6 is 0 Å². The highest BCUT2D eigenvalue weighted by atomic mass is 15.4. The molecule has 0 radical (unpaired) electrons. The van der Waals surface area contributed by atoms with Crippen LogP contribution in [-0.4, -0.2) is 59.8 Å². The molecule has 1 aliphatic heterocycles. The molecule has 0 aliphatic carbocycles. The van der Waals surface area contributed by atoms with Gasteiger partial charge in [-0.2, -0.15) is 9.78 Å². The van der Waals surface area contributed by atoms with E-state index in [0.29, 0.717) is 18.0 Å². The molecular weight excluding hydrogens is 352 g/mol. The number of piperidine rings is 1. The van der Waals surface area contributed by atoms with Crippen molar-refractivity contribution in [3.05, 3.63) is 60.3 Å². The average molecular weight is 374 g/mol. The highest BCUT2D eigenvalue weighted by Crippen LogP contribution is 2.22. The standard InChI is InChI=1S/C20H22N8/c1-26-9-7-16(8-10-26)27-14-15(12-22-27)11-19-21-13-18-20(23-19)28(25-24-18)17-5-3-2-4-6-17/h2-6,12-14,16H,7-11H2,1H3. The maximum atomic E-state index is 4.72. The highest BCUT2D eigenvalue weighted by Gasteiger charge is 2.19. The average Bonchev–Trinajstić information content (AvgIpc) is 3.36. The monoisotopic (exact) mass is 374 g/mol. The summed E-state index contributed by atoms with van der Waals surface area (Å²) in [4.78, 5) is 11.6. The largest absolute Gasteiger partial charge is 0.306 e. The number of fused-ring (bicyclic) bond motifs is 1. The normalized spacial score (nSPS) is 16.0. The van der Waals surface area contributed by atoms with Crippen molar-refractivity contribution < 1.29 is 0 Å². The van der Waals surface area contributed by atoms with Crippen LogP contribution in [0.25, 0.3) is 16.9 Å². The third-order valence-corrected chi connectivity index (χ3v) is 5.32. The number of likely N-dealkylation sites (tertiary alicyclic amines) is 1. The number of benzene rings is 1. The van der Waals surface area contributed by atoms with Gasteiger partial charge < -0.3 is 4.90 Å². The van der Waals surface area contributed by atoms with E-state index in [9.17, 15) is 0 Å². The summed E-state index contributed by atoms with van der Waals surface area (Å²) in [5, 5.41) is 13.0. The van der Waals surface area contributed by atoms with Crippen LogP contribution in [0, 0.1) is 0 Å². The first-order valence-corrected chi connectivity index (χ1v) is 9.60. The van der Waals surface area contributed by atoms with E-state index >= 15 is 0 Å². The predicted molar refractivity (Wildman–Crippen MR) is 105 cm³/mol. The second kappa shape index (κ2) is 7.12. The van der Waals surface area contributed by atoms with Crippen LogP contribution < -0.4 is 0 Å². The molecule has 8 heteroatoms. The molecule has 0 spiro atoms. The summed E-state index contributed by atoms with van der Waals surface area (Å²) in [7, 11) is 2.17. The number of hydrogen-bond acceptors (Lipinski definition) is 6. The fraction of sp³-hybridized carbons (Fsp3) is 0.350. The van der Waals surface area contributed by atoms with Crippen molar-refractivity contribution in [1.29, 1.82) is 0 Å². The van der Waals surface area contributed by atoms with Gasteiger partial charge in [-0.15, -0.1) is 5.10 Å². The van der Waals surface area contributed by atoms with E-state index < -0.39 is 0 Å². The fourth-order valence-corrected chi connectivity index (χ4v) is 3.70. The number of para-hydroxylation sites is 1. The molecule has 142 valence electrons. The van der Waals surface area contributed by atoms with Crippen LogP contribution in [0.3, 0.4) is 0 Å². The Morgan fingerprint density at radius 2 is 1.89 bits per heavy atom. The summed E-state index contributed by atoms with van der Waals surface area (Å²) in [6, 6.07) is 10.4. The fourth-order valence-electron chi connectivity index (χ4n) is 3.70. The summed E-state index contributed by atoms with van der Waals surface area (Å²) >= 11 is 0. The first kappa shape index (κ1) is 17.0. The Kier molecular flexibility index (Phi) is 4.32. The molecule has 0 bridgehead atoms. The van der Waals surface area contributed by atoms with Gasteiger partial charge in [0.25, 0.3) is 0 Å². The van der Waals surface area contributed by atoms with Gasteiger partial charge in [0.05, 0.1) is 24.1 Å². The lowest BCUT2D eigenvalue weighted by Crippen LogP contribution is -2.31. The maximum absolute atomic E-state index is 4.72. The Labute approximate surface area is 162 Å². The molecule has 0 N–H and O–H groups in total. The Bertz CT molecular complexity index is 1080. The summed E-state index contributed by atoms with van der Waals surface area (Å²) < 4.78 is 3.86. The molecule has 28 heavy (non-hydrogen) atoms. The predicted octanol–water partition coefficient (Wildman–Crippen LogP) is 2.26. The van der Waals surface area contributed by atoms with Gasteiger partial charge in [0, 0.05) is 12.6 Å². The molecule has 0 unspecified atom stereocenters. The van der Waals surface area contributed by atoms with E-state index in [1.807, 2.05) is 36.5 Å². The zero-order valence-electron chi connectivity index (χ0n) is 15.8. The third kappa shape index (κ3) is 3.27. The molecule has 4 aromatic rings. The molecule has 4 heterocycles. The second-order valence-electron chi connectivity index (χ2n) is 7.37. The maximum Gasteiger partial charge on any atom is 0.187 e. The SMILES string of the molecule is CN1CCC(n2cc(Cc3ncc4nnn(-c5ccccc5)c4n3)cn2)CC1. The van der Waals surface area contributed by atoms with Gasteiger partial charge in [-0.25, -0.2) is 9.97 Å². The molecule has 5 rings (SSSR count). The minimum absolute atomic E-state index is 0.483. The number of rotatable bonds is 4. The van der Waals surface area contributed by atoms with E-state index in [0.717, 1.165) is 48.7 Å². The molecule has 1 saturated heterocycles. The van der Waals surface area contributed by atoms with Gasteiger partial charge >= 0.3 is 0 Å². The lowest BCUT2D eigenvalue weighted by Gasteiger charge is -2.28. The highest BCUT2D eigenvalue weighted by molar-refractivity contribution is 5.70. The summed E-state index contributed by atoms with van der Waals surface area (Å²) in [5.41, 5.74) is 3.47. The molecular formula is C20H22N8. The molecule has 1 fully saturated rings. The van der Waals surface area contributed by atoms with E-state index in [1.54, 1.807) is 10.9 Å². The zero-order chi connectivity index (χ0) is 18.9. The van der Waals surface area contributed by atoms with Crippen LogP contribution in [0.2, 0.25) is 0 Å². The smallest absolute Gasteiger partial charge is 0.187 e.